The Hall–Kier alpha value is -2.21. The minimum absolute atomic E-state index is 0.0466. The Morgan fingerprint density at radius 2 is 1.90 bits per heavy atom. The summed E-state index contributed by atoms with van der Waals surface area (Å²) in [6, 6.07) is 11.0. The maximum absolute atomic E-state index is 13.7. The molecule has 0 bridgehead atoms. The summed E-state index contributed by atoms with van der Waals surface area (Å²) in [4.78, 5) is 12.1. The average Bonchev–Trinajstić information content (AvgIpc) is 2.47. The van der Waals surface area contributed by atoms with Crippen LogP contribution in [0.4, 0.5) is 10.1 Å². The number of hydrogen-bond acceptors (Lipinski definition) is 3. The SMILES string of the molecule is C/C(=N/O)c1ccc(NC(=O)c2c(F)cccc2Br)cc1. The molecule has 0 aliphatic carbocycles. The zero-order valence-corrected chi connectivity index (χ0v) is 12.7. The number of carbonyl (C=O) groups excluding carboxylic acids is 1. The second-order valence-electron chi connectivity index (χ2n) is 4.31. The highest BCUT2D eigenvalue weighted by Gasteiger charge is 2.15. The first-order chi connectivity index (χ1) is 10.0. The molecule has 0 aliphatic rings. The summed E-state index contributed by atoms with van der Waals surface area (Å²) in [6.45, 7) is 1.66. The molecule has 0 heterocycles. The Bertz CT molecular complexity index is 679. The molecule has 0 saturated carbocycles. The van der Waals surface area contributed by atoms with Crippen molar-refractivity contribution in [2.75, 3.05) is 5.32 Å². The molecule has 0 fully saturated rings. The maximum Gasteiger partial charge on any atom is 0.259 e. The molecule has 2 aromatic carbocycles. The van der Waals surface area contributed by atoms with Crippen molar-refractivity contribution in [2.45, 2.75) is 6.92 Å². The Morgan fingerprint density at radius 1 is 1.24 bits per heavy atom. The van der Waals surface area contributed by atoms with Gasteiger partial charge in [-0.25, -0.2) is 4.39 Å². The number of hydrogen-bond donors (Lipinski definition) is 2. The number of anilines is 1. The van der Waals surface area contributed by atoms with Crippen LogP contribution in [0.25, 0.3) is 0 Å². The number of amides is 1. The van der Waals surface area contributed by atoms with Gasteiger partial charge in [-0.3, -0.25) is 4.79 Å². The van der Waals surface area contributed by atoms with Crippen LogP contribution in [0.1, 0.15) is 22.8 Å². The van der Waals surface area contributed by atoms with E-state index in [4.69, 9.17) is 5.21 Å². The molecule has 2 aromatic rings. The summed E-state index contributed by atoms with van der Waals surface area (Å²) < 4.78 is 14.1. The molecule has 108 valence electrons. The molecule has 2 rings (SSSR count). The third-order valence-electron chi connectivity index (χ3n) is 2.90. The fourth-order valence-corrected chi connectivity index (χ4v) is 2.28. The lowest BCUT2D eigenvalue weighted by molar-refractivity contribution is 0.102. The highest BCUT2D eigenvalue weighted by atomic mass is 79.9. The van der Waals surface area contributed by atoms with Crippen molar-refractivity contribution in [3.8, 4) is 0 Å². The van der Waals surface area contributed by atoms with E-state index in [1.807, 2.05) is 0 Å². The number of nitrogens with zero attached hydrogens (tertiary/aromatic N) is 1. The van der Waals surface area contributed by atoms with Gasteiger partial charge in [-0.1, -0.05) is 23.4 Å². The third-order valence-corrected chi connectivity index (χ3v) is 3.56. The molecular weight excluding hydrogens is 339 g/mol. The Morgan fingerprint density at radius 3 is 2.48 bits per heavy atom. The molecule has 0 atom stereocenters. The first-order valence-electron chi connectivity index (χ1n) is 6.07. The van der Waals surface area contributed by atoms with Crippen LogP contribution in [0.2, 0.25) is 0 Å². The van der Waals surface area contributed by atoms with Crippen LogP contribution in [-0.2, 0) is 0 Å². The van der Waals surface area contributed by atoms with Gasteiger partial charge in [-0.15, -0.1) is 0 Å². The molecule has 21 heavy (non-hydrogen) atoms. The van der Waals surface area contributed by atoms with Gasteiger partial charge in [0.25, 0.3) is 5.91 Å². The van der Waals surface area contributed by atoms with Crippen LogP contribution in [0.5, 0.6) is 0 Å². The van der Waals surface area contributed by atoms with Gasteiger partial charge in [0.15, 0.2) is 0 Å². The van der Waals surface area contributed by atoms with E-state index in [1.165, 1.54) is 12.1 Å². The molecular formula is C15H12BrFN2O2. The molecule has 2 N–H and O–H groups in total. The molecule has 0 saturated heterocycles. The van der Waals surface area contributed by atoms with Crippen molar-refractivity contribution < 1.29 is 14.4 Å². The van der Waals surface area contributed by atoms with Crippen molar-refractivity contribution in [2.24, 2.45) is 5.16 Å². The summed E-state index contributed by atoms with van der Waals surface area (Å²) in [5.41, 5.74) is 1.66. The van der Waals surface area contributed by atoms with Gasteiger partial charge in [0.2, 0.25) is 0 Å². The number of nitrogens with one attached hydrogen (secondary N) is 1. The van der Waals surface area contributed by atoms with Crippen molar-refractivity contribution in [3.05, 3.63) is 63.9 Å². The van der Waals surface area contributed by atoms with Gasteiger partial charge >= 0.3 is 0 Å². The van der Waals surface area contributed by atoms with E-state index in [9.17, 15) is 9.18 Å². The molecule has 4 nitrogen and oxygen atoms in total. The standard InChI is InChI=1S/C15H12BrFN2O2/c1-9(19-21)10-5-7-11(8-6-10)18-15(20)14-12(16)3-2-4-13(14)17/h2-8,21H,1H3,(H,18,20)/b19-9-. The van der Waals surface area contributed by atoms with Gasteiger partial charge in [0.05, 0.1) is 11.3 Å². The molecule has 0 radical (unpaired) electrons. The van der Waals surface area contributed by atoms with Crippen molar-refractivity contribution in [1.29, 1.82) is 0 Å². The topological polar surface area (TPSA) is 61.7 Å². The number of halogens is 2. The lowest BCUT2D eigenvalue weighted by atomic mass is 10.1. The zero-order chi connectivity index (χ0) is 15.4. The quantitative estimate of drug-likeness (QED) is 0.498. The number of oxime groups is 1. The van der Waals surface area contributed by atoms with Crippen molar-refractivity contribution >= 4 is 33.2 Å². The molecule has 0 spiro atoms. The van der Waals surface area contributed by atoms with Crippen LogP contribution >= 0.6 is 15.9 Å². The molecule has 6 heteroatoms. The number of rotatable bonds is 3. The highest BCUT2D eigenvalue weighted by molar-refractivity contribution is 9.10. The van der Waals surface area contributed by atoms with Gasteiger partial charge in [-0.05, 0) is 52.7 Å². The summed E-state index contributed by atoms with van der Waals surface area (Å²) in [6.07, 6.45) is 0. The van der Waals surface area contributed by atoms with Crippen molar-refractivity contribution in [3.63, 3.8) is 0 Å². The first kappa shape index (κ1) is 15.2. The number of benzene rings is 2. The van der Waals surface area contributed by atoms with Crippen LogP contribution in [0, 0.1) is 5.82 Å². The zero-order valence-electron chi connectivity index (χ0n) is 11.1. The summed E-state index contributed by atoms with van der Waals surface area (Å²) in [5.74, 6) is -1.14. The van der Waals surface area contributed by atoms with E-state index in [0.29, 0.717) is 15.9 Å². The summed E-state index contributed by atoms with van der Waals surface area (Å²) in [7, 11) is 0. The Kier molecular flexibility index (Phi) is 4.70. The van der Waals surface area contributed by atoms with E-state index in [-0.39, 0.29) is 5.56 Å². The van der Waals surface area contributed by atoms with Crippen molar-refractivity contribution in [1.82, 2.24) is 0 Å². The lowest BCUT2D eigenvalue weighted by Gasteiger charge is -2.08. The smallest absolute Gasteiger partial charge is 0.259 e. The Labute approximate surface area is 129 Å². The van der Waals surface area contributed by atoms with Gasteiger partial charge in [0, 0.05) is 10.2 Å². The molecule has 0 aromatic heterocycles. The summed E-state index contributed by atoms with van der Waals surface area (Å²) >= 11 is 3.16. The minimum atomic E-state index is -0.596. The molecule has 1 amide bonds. The third kappa shape index (κ3) is 3.46. The highest BCUT2D eigenvalue weighted by Crippen LogP contribution is 2.21. The predicted octanol–water partition coefficient (Wildman–Crippen LogP) is 4.04. The molecule has 0 aliphatic heterocycles. The average molecular weight is 351 g/mol. The van der Waals surface area contributed by atoms with Crippen LogP contribution in [0.15, 0.2) is 52.1 Å². The maximum atomic E-state index is 13.7. The van der Waals surface area contributed by atoms with E-state index in [2.05, 4.69) is 26.4 Å². The number of carbonyl (C=O) groups is 1. The summed E-state index contributed by atoms with van der Waals surface area (Å²) in [5, 5.41) is 14.4. The van der Waals surface area contributed by atoms with Gasteiger partial charge < -0.3 is 10.5 Å². The second-order valence-corrected chi connectivity index (χ2v) is 5.17. The second kappa shape index (κ2) is 6.49. The molecule has 0 unspecified atom stereocenters. The predicted molar refractivity (Wildman–Crippen MR) is 82.5 cm³/mol. The van der Waals surface area contributed by atoms with Crippen LogP contribution in [0.3, 0.4) is 0 Å². The normalized spacial score (nSPS) is 11.3. The van der Waals surface area contributed by atoms with Crippen LogP contribution in [-0.4, -0.2) is 16.8 Å². The Balaban J connectivity index is 2.20. The lowest BCUT2D eigenvalue weighted by Crippen LogP contribution is -2.14. The van der Waals surface area contributed by atoms with E-state index < -0.39 is 11.7 Å². The monoisotopic (exact) mass is 350 g/mol. The van der Waals surface area contributed by atoms with E-state index in [1.54, 1.807) is 37.3 Å². The fourth-order valence-electron chi connectivity index (χ4n) is 1.76. The van der Waals surface area contributed by atoms with E-state index >= 15 is 0 Å². The minimum Gasteiger partial charge on any atom is -0.411 e. The fraction of sp³-hybridized carbons (Fsp3) is 0.0667. The largest absolute Gasteiger partial charge is 0.411 e. The van der Waals surface area contributed by atoms with Gasteiger partial charge in [0.1, 0.15) is 5.82 Å². The first-order valence-corrected chi connectivity index (χ1v) is 6.86. The van der Waals surface area contributed by atoms with E-state index in [0.717, 1.165) is 5.56 Å². The van der Waals surface area contributed by atoms with Crippen LogP contribution < -0.4 is 5.32 Å². The van der Waals surface area contributed by atoms with Gasteiger partial charge in [-0.2, -0.15) is 0 Å².